The summed E-state index contributed by atoms with van der Waals surface area (Å²) in [7, 11) is 0.241. The summed E-state index contributed by atoms with van der Waals surface area (Å²) < 4.78 is 10.7. The number of methoxy groups -OCH3 is 1. The molecule has 0 amide bonds. The first kappa shape index (κ1) is 10.9. The summed E-state index contributed by atoms with van der Waals surface area (Å²) in [6.45, 7) is 10.7. The third-order valence-corrected chi connectivity index (χ3v) is 2.11. The lowest BCUT2D eigenvalue weighted by Crippen LogP contribution is -2.33. The molecular weight excluding hydrogens is 156 g/mol. The molecule has 0 aromatic rings. The van der Waals surface area contributed by atoms with Gasteiger partial charge in [-0.1, -0.05) is 6.08 Å². The normalized spacial score (nSPS) is 14.5. The van der Waals surface area contributed by atoms with Crippen LogP contribution in [0.1, 0.15) is 0 Å². The molecule has 66 valence electrons. The average molecular weight is 174 g/mol. The predicted octanol–water partition coefficient (Wildman–Crippen LogP) is 2.04. The highest BCUT2D eigenvalue weighted by molar-refractivity contribution is 6.69. The van der Waals surface area contributed by atoms with Gasteiger partial charge in [0.05, 0.1) is 12.7 Å². The number of hydrogen-bond donors (Lipinski definition) is 0. The van der Waals surface area contributed by atoms with Crippen molar-refractivity contribution in [3.63, 3.8) is 0 Å². The molecule has 0 aliphatic heterocycles. The quantitative estimate of drug-likeness (QED) is 0.469. The second-order valence-corrected chi connectivity index (χ2v) is 7.92. The van der Waals surface area contributed by atoms with Crippen molar-refractivity contribution in [2.45, 2.75) is 25.7 Å². The van der Waals surface area contributed by atoms with Crippen LogP contribution in [0.25, 0.3) is 0 Å². The lowest BCUT2D eigenvalue weighted by molar-refractivity contribution is 0.104. The maximum atomic E-state index is 5.72. The van der Waals surface area contributed by atoms with Gasteiger partial charge in [0.25, 0.3) is 0 Å². The fourth-order valence-electron chi connectivity index (χ4n) is 0.769. The van der Waals surface area contributed by atoms with Crippen molar-refractivity contribution in [2.24, 2.45) is 0 Å². The van der Waals surface area contributed by atoms with E-state index in [1.165, 1.54) is 0 Å². The fourth-order valence-corrected chi connectivity index (χ4v) is 1.84. The van der Waals surface area contributed by atoms with Gasteiger partial charge in [-0.2, -0.15) is 0 Å². The average Bonchev–Trinajstić information content (AvgIpc) is 1.84. The Kier molecular flexibility index (Phi) is 4.64. The molecule has 0 N–H and O–H groups in total. The van der Waals surface area contributed by atoms with Crippen molar-refractivity contribution < 1.29 is 9.16 Å². The molecule has 0 aliphatic carbocycles. The van der Waals surface area contributed by atoms with Crippen LogP contribution in [0.2, 0.25) is 19.6 Å². The molecule has 1 atom stereocenters. The minimum atomic E-state index is -1.43. The molecule has 0 saturated heterocycles. The largest absolute Gasteiger partial charge is 0.409 e. The minimum absolute atomic E-state index is 0.0617. The summed E-state index contributed by atoms with van der Waals surface area (Å²) in [5, 5.41) is 0. The van der Waals surface area contributed by atoms with Gasteiger partial charge in [0.15, 0.2) is 8.32 Å². The molecule has 0 radical (unpaired) electrons. The molecule has 0 saturated carbocycles. The van der Waals surface area contributed by atoms with Crippen LogP contribution >= 0.6 is 0 Å². The Balaban J connectivity index is 3.77. The van der Waals surface area contributed by atoms with Crippen LogP contribution in [0, 0.1) is 0 Å². The van der Waals surface area contributed by atoms with Gasteiger partial charge in [-0.05, 0) is 19.6 Å². The molecular formula is C8H18O2Si. The van der Waals surface area contributed by atoms with Crippen molar-refractivity contribution in [1.29, 1.82) is 0 Å². The second kappa shape index (κ2) is 4.69. The van der Waals surface area contributed by atoms with E-state index in [0.29, 0.717) is 6.61 Å². The Morgan fingerprint density at radius 3 is 2.27 bits per heavy atom. The Morgan fingerprint density at radius 2 is 2.00 bits per heavy atom. The lowest BCUT2D eigenvalue weighted by Gasteiger charge is -2.23. The van der Waals surface area contributed by atoms with Crippen molar-refractivity contribution in [3.8, 4) is 0 Å². The molecule has 11 heavy (non-hydrogen) atoms. The molecule has 0 aromatic heterocycles. The zero-order chi connectivity index (χ0) is 8.91. The van der Waals surface area contributed by atoms with Crippen LogP contribution in [-0.4, -0.2) is 28.1 Å². The van der Waals surface area contributed by atoms with Crippen LogP contribution in [-0.2, 0) is 9.16 Å². The van der Waals surface area contributed by atoms with E-state index in [2.05, 4.69) is 26.2 Å². The summed E-state index contributed by atoms with van der Waals surface area (Å²) in [6, 6.07) is 0. The maximum absolute atomic E-state index is 5.72. The van der Waals surface area contributed by atoms with Gasteiger partial charge in [0.2, 0.25) is 0 Å². The third-order valence-electron chi connectivity index (χ3n) is 1.10. The van der Waals surface area contributed by atoms with E-state index in [1.54, 1.807) is 13.2 Å². The summed E-state index contributed by atoms with van der Waals surface area (Å²) in [6.07, 6.45) is 1.86. The van der Waals surface area contributed by atoms with Gasteiger partial charge in [0.1, 0.15) is 0 Å². The molecule has 0 rings (SSSR count). The van der Waals surface area contributed by atoms with Crippen molar-refractivity contribution in [1.82, 2.24) is 0 Å². The molecule has 0 fully saturated rings. The Hall–Kier alpha value is -0.123. The van der Waals surface area contributed by atoms with E-state index in [-0.39, 0.29) is 6.10 Å². The molecule has 2 nitrogen and oxygen atoms in total. The SMILES string of the molecule is C=CC(COC)O[Si](C)(C)C. The Morgan fingerprint density at radius 1 is 1.45 bits per heavy atom. The van der Waals surface area contributed by atoms with E-state index >= 15 is 0 Å². The van der Waals surface area contributed by atoms with Crippen molar-refractivity contribution >= 4 is 8.32 Å². The predicted molar refractivity (Wildman–Crippen MR) is 50.3 cm³/mol. The highest BCUT2D eigenvalue weighted by Crippen LogP contribution is 2.07. The lowest BCUT2D eigenvalue weighted by atomic mass is 10.4. The molecule has 0 aliphatic rings. The first-order chi connectivity index (χ1) is 4.99. The standard InChI is InChI=1S/C8H18O2Si/c1-6-8(7-9-2)10-11(3,4)5/h6,8H,1,7H2,2-5H3. The van der Waals surface area contributed by atoms with Crippen LogP contribution < -0.4 is 0 Å². The maximum Gasteiger partial charge on any atom is 0.184 e. The van der Waals surface area contributed by atoms with Crippen LogP contribution in [0.3, 0.4) is 0 Å². The summed E-state index contributed by atoms with van der Waals surface area (Å²) in [5.74, 6) is 0. The summed E-state index contributed by atoms with van der Waals surface area (Å²) >= 11 is 0. The molecule has 0 spiro atoms. The molecule has 1 unspecified atom stereocenters. The molecule has 0 bridgehead atoms. The van der Waals surface area contributed by atoms with E-state index in [9.17, 15) is 0 Å². The highest BCUT2D eigenvalue weighted by atomic mass is 28.4. The molecule has 0 heterocycles. The smallest absolute Gasteiger partial charge is 0.184 e. The molecule has 0 aromatic carbocycles. The molecule has 3 heteroatoms. The van der Waals surface area contributed by atoms with E-state index in [4.69, 9.17) is 9.16 Å². The van der Waals surface area contributed by atoms with Gasteiger partial charge in [-0.25, -0.2) is 0 Å². The Bertz CT molecular complexity index is 118. The second-order valence-electron chi connectivity index (χ2n) is 3.46. The topological polar surface area (TPSA) is 18.5 Å². The summed E-state index contributed by atoms with van der Waals surface area (Å²) in [5.41, 5.74) is 0. The van der Waals surface area contributed by atoms with E-state index < -0.39 is 8.32 Å². The third kappa shape index (κ3) is 6.28. The number of hydrogen-bond acceptors (Lipinski definition) is 2. The van der Waals surface area contributed by atoms with Crippen LogP contribution in [0.5, 0.6) is 0 Å². The summed E-state index contributed by atoms with van der Waals surface area (Å²) in [4.78, 5) is 0. The zero-order valence-corrected chi connectivity index (χ0v) is 8.89. The van der Waals surface area contributed by atoms with Gasteiger partial charge < -0.3 is 9.16 Å². The van der Waals surface area contributed by atoms with Crippen LogP contribution in [0.4, 0.5) is 0 Å². The number of ether oxygens (including phenoxy) is 1. The van der Waals surface area contributed by atoms with Gasteiger partial charge in [-0.3, -0.25) is 0 Å². The first-order valence-corrected chi connectivity index (χ1v) is 7.19. The zero-order valence-electron chi connectivity index (χ0n) is 7.89. The van der Waals surface area contributed by atoms with Gasteiger partial charge in [0, 0.05) is 7.11 Å². The highest BCUT2D eigenvalue weighted by Gasteiger charge is 2.18. The Labute approximate surface area is 70.3 Å². The fraction of sp³-hybridized carbons (Fsp3) is 0.750. The van der Waals surface area contributed by atoms with Gasteiger partial charge in [-0.15, -0.1) is 6.58 Å². The van der Waals surface area contributed by atoms with Crippen LogP contribution in [0.15, 0.2) is 12.7 Å². The van der Waals surface area contributed by atoms with Crippen molar-refractivity contribution in [3.05, 3.63) is 12.7 Å². The van der Waals surface area contributed by atoms with Crippen molar-refractivity contribution in [2.75, 3.05) is 13.7 Å². The van der Waals surface area contributed by atoms with E-state index in [1.807, 2.05) is 0 Å². The number of rotatable bonds is 5. The first-order valence-electron chi connectivity index (χ1n) is 3.79. The van der Waals surface area contributed by atoms with Gasteiger partial charge >= 0.3 is 0 Å². The minimum Gasteiger partial charge on any atom is -0.409 e. The van der Waals surface area contributed by atoms with E-state index in [0.717, 1.165) is 0 Å². The monoisotopic (exact) mass is 174 g/mol.